The molecule has 0 bridgehead atoms. The molecule has 4 rings (SSSR count). The van der Waals surface area contributed by atoms with Crippen LogP contribution in [0.5, 0.6) is 0 Å². The van der Waals surface area contributed by atoms with Crippen molar-refractivity contribution in [3.05, 3.63) is 35.2 Å². The average Bonchev–Trinajstić information content (AvgIpc) is 2.71. The first kappa shape index (κ1) is 19.4. The van der Waals surface area contributed by atoms with Gasteiger partial charge in [0.05, 0.1) is 6.10 Å². The first-order chi connectivity index (χ1) is 13.7. The lowest BCUT2D eigenvalue weighted by molar-refractivity contribution is 0.126. The van der Waals surface area contributed by atoms with Gasteiger partial charge in [0.15, 0.2) is 0 Å². The predicted molar refractivity (Wildman–Crippen MR) is 111 cm³/mol. The summed E-state index contributed by atoms with van der Waals surface area (Å²) in [4.78, 5) is 13.4. The second kappa shape index (κ2) is 9.03. The Kier molecular flexibility index (Phi) is 6.24. The van der Waals surface area contributed by atoms with E-state index in [0.717, 1.165) is 63.1 Å². The SMILES string of the molecule is O[C@H]1CC[C@H](Nc2nc(Nc3ccnc(Cl)c3)ncc2C2CCNCC2)CC1. The van der Waals surface area contributed by atoms with E-state index in [2.05, 4.69) is 25.9 Å². The first-order valence-corrected chi connectivity index (χ1v) is 10.5. The molecule has 0 aromatic carbocycles. The average molecular weight is 403 g/mol. The Bertz CT molecular complexity index is 790. The third-order valence-electron chi connectivity index (χ3n) is 5.62. The number of anilines is 3. The Hall–Kier alpha value is -1.96. The Morgan fingerprint density at radius 1 is 1.07 bits per heavy atom. The van der Waals surface area contributed by atoms with Crippen molar-refractivity contribution in [2.45, 2.75) is 56.6 Å². The highest BCUT2D eigenvalue weighted by molar-refractivity contribution is 6.29. The van der Waals surface area contributed by atoms with E-state index in [4.69, 9.17) is 16.6 Å². The summed E-state index contributed by atoms with van der Waals surface area (Å²) in [6, 6.07) is 3.93. The lowest BCUT2D eigenvalue weighted by atomic mass is 9.90. The number of rotatable bonds is 5. The molecule has 0 radical (unpaired) electrons. The van der Waals surface area contributed by atoms with Gasteiger partial charge in [0.2, 0.25) is 5.95 Å². The van der Waals surface area contributed by atoms with E-state index in [-0.39, 0.29) is 6.10 Å². The zero-order chi connectivity index (χ0) is 19.3. The van der Waals surface area contributed by atoms with Crippen molar-refractivity contribution >= 4 is 29.1 Å². The van der Waals surface area contributed by atoms with Crippen LogP contribution in [0.1, 0.15) is 50.0 Å². The van der Waals surface area contributed by atoms with E-state index >= 15 is 0 Å². The molecule has 150 valence electrons. The molecule has 28 heavy (non-hydrogen) atoms. The number of nitrogens with zero attached hydrogens (tertiary/aromatic N) is 3. The fourth-order valence-corrected chi connectivity index (χ4v) is 4.20. The minimum atomic E-state index is -0.166. The maximum absolute atomic E-state index is 9.80. The van der Waals surface area contributed by atoms with Crippen molar-refractivity contribution in [2.24, 2.45) is 0 Å². The maximum Gasteiger partial charge on any atom is 0.229 e. The van der Waals surface area contributed by atoms with Crippen molar-refractivity contribution in [1.82, 2.24) is 20.3 Å². The molecule has 1 saturated heterocycles. The van der Waals surface area contributed by atoms with Crippen LogP contribution < -0.4 is 16.0 Å². The Morgan fingerprint density at radius 2 is 1.86 bits per heavy atom. The molecule has 2 aromatic heterocycles. The Labute approximate surface area is 170 Å². The highest BCUT2D eigenvalue weighted by atomic mass is 35.5. The summed E-state index contributed by atoms with van der Waals surface area (Å²) >= 11 is 5.98. The Balaban J connectivity index is 1.56. The van der Waals surface area contributed by atoms with E-state index in [1.165, 1.54) is 5.56 Å². The standard InChI is InChI=1S/C20H27ClN6O/c21-18-11-15(7-10-23-18)26-20-24-12-17(13-5-8-22-9-6-13)19(27-20)25-14-1-3-16(28)4-2-14/h7,10-14,16,22,28H,1-6,8-9H2,(H2,23,24,25,26,27)/t14-,16-. The van der Waals surface area contributed by atoms with Gasteiger partial charge in [-0.25, -0.2) is 9.97 Å². The van der Waals surface area contributed by atoms with Crippen LogP contribution in [0.2, 0.25) is 5.15 Å². The number of hydrogen-bond acceptors (Lipinski definition) is 7. The molecule has 2 aromatic rings. The van der Waals surface area contributed by atoms with Gasteiger partial charge in [-0.1, -0.05) is 11.6 Å². The molecular weight excluding hydrogens is 376 g/mol. The monoisotopic (exact) mass is 402 g/mol. The first-order valence-electron chi connectivity index (χ1n) is 10.1. The molecule has 1 saturated carbocycles. The fraction of sp³-hybridized carbons (Fsp3) is 0.550. The van der Waals surface area contributed by atoms with E-state index in [1.807, 2.05) is 12.3 Å². The van der Waals surface area contributed by atoms with Crippen LogP contribution in [0, 0.1) is 0 Å². The predicted octanol–water partition coefficient (Wildman–Crippen LogP) is 3.45. The van der Waals surface area contributed by atoms with E-state index in [1.54, 1.807) is 12.3 Å². The van der Waals surface area contributed by atoms with E-state index in [9.17, 15) is 5.11 Å². The zero-order valence-electron chi connectivity index (χ0n) is 15.9. The summed E-state index contributed by atoms with van der Waals surface area (Å²) < 4.78 is 0. The van der Waals surface area contributed by atoms with Crippen LogP contribution >= 0.6 is 11.6 Å². The smallest absolute Gasteiger partial charge is 0.229 e. The van der Waals surface area contributed by atoms with Crippen molar-refractivity contribution in [2.75, 3.05) is 23.7 Å². The van der Waals surface area contributed by atoms with Crippen molar-refractivity contribution in [1.29, 1.82) is 0 Å². The van der Waals surface area contributed by atoms with Crippen LogP contribution in [0.3, 0.4) is 0 Å². The second-order valence-electron chi connectivity index (χ2n) is 7.66. The molecule has 0 spiro atoms. The molecule has 2 fully saturated rings. The van der Waals surface area contributed by atoms with Crippen molar-refractivity contribution < 1.29 is 5.11 Å². The lowest BCUT2D eigenvalue weighted by Gasteiger charge is -2.29. The van der Waals surface area contributed by atoms with Gasteiger partial charge in [-0.15, -0.1) is 0 Å². The number of aliphatic hydroxyl groups is 1. The molecule has 3 heterocycles. The molecule has 8 heteroatoms. The quantitative estimate of drug-likeness (QED) is 0.569. The molecular formula is C20H27ClN6O. The van der Waals surface area contributed by atoms with Crippen LogP contribution in [-0.4, -0.2) is 45.3 Å². The van der Waals surface area contributed by atoms with Gasteiger partial charge in [0.1, 0.15) is 11.0 Å². The van der Waals surface area contributed by atoms with Gasteiger partial charge in [0.25, 0.3) is 0 Å². The molecule has 0 atom stereocenters. The highest BCUT2D eigenvalue weighted by Gasteiger charge is 2.24. The number of piperidine rings is 1. The van der Waals surface area contributed by atoms with Crippen LogP contribution in [-0.2, 0) is 0 Å². The maximum atomic E-state index is 9.80. The number of hydrogen-bond donors (Lipinski definition) is 4. The van der Waals surface area contributed by atoms with Crippen molar-refractivity contribution in [3.8, 4) is 0 Å². The summed E-state index contributed by atoms with van der Waals surface area (Å²) in [7, 11) is 0. The molecule has 1 aliphatic heterocycles. The third-order valence-corrected chi connectivity index (χ3v) is 5.82. The van der Waals surface area contributed by atoms with Crippen molar-refractivity contribution in [3.63, 3.8) is 0 Å². The van der Waals surface area contributed by atoms with Crippen LogP contribution in [0.25, 0.3) is 0 Å². The summed E-state index contributed by atoms with van der Waals surface area (Å²) in [5.41, 5.74) is 1.99. The summed E-state index contributed by atoms with van der Waals surface area (Å²) in [5, 5.41) is 20.5. The van der Waals surface area contributed by atoms with Gasteiger partial charge < -0.3 is 21.1 Å². The van der Waals surface area contributed by atoms with Gasteiger partial charge in [-0.05, 0) is 69.7 Å². The normalized spacial score (nSPS) is 23.4. The highest BCUT2D eigenvalue weighted by Crippen LogP contribution is 2.32. The van der Waals surface area contributed by atoms with Gasteiger partial charge >= 0.3 is 0 Å². The molecule has 0 amide bonds. The Morgan fingerprint density at radius 3 is 2.61 bits per heavy atom. The largest absolute Gasteiger partial charge is 0.393 e. The molecule has 7 nitrogen and oxygen atoms in total. The van der Waals surface area contributed by atoms with Gasteiger partial charge in [0, 0.05) is 29.7 Å². The summed E-state index contributed by atoms with van der Waals surface area (Å²) in [6.07, 6.45) is 9.22. The van der Waals surface area contributed by atoms with E-state index in [0.29, 0.717) is 23.1 Å². The van der Waals surface area contributed by atoms with Gasteiger partial charge in [-0.3, -0.25) is 0 Å². The molecule has 1 aliphatic carbocycles. The minimum absolute atomic E-state index is 0.166. The second-order valence-corrected chi connectivity index (χ2v) is 8.05. The summed E-state index contributed by atoms with van der Waals surface area (Å²) in [5.74, 6) is 1.91. The fourth-order valence-electron chi connectivity index (χ4n) is 4.02. The third kappa shape index (κ3) is 4.90. The van der Waals surface area contributed by atoms with E-state index < -0.39 is 0 Å². The number of halogens is 1. The summed E-state index contributed by atoms with van der Waals surface area (Å²) in [6.45, 7) is 2.05. The zero-order valence-corrected chi connectivity index (χ0v) is 16.6. The number of pyridine rings is 1. The molecule has 4 N–H and O–H groups in total. The molecule has 2 aliphatic rings. The topological polar surface area (TPSA) is 95.0 Å². The van der Waals surface area contributed by atoms with Gasteiger partial charge in [-0.2, -0.15) is 4.98 Å². The number of nitrogens with one attached hydrogen (secondary N) is 3. The van der Waals surface area contributed by atoms with Crippen LogP contribution in [0.15, 0.2) is 24.5 Å². The van der Waals surface area contributed by atoms with Crippen LogP contribution in [0.4, 0.5) is 17.5 Å². The minimum Gasteiger partial charge on any atom is -0.393 e. The lowest BCUT2D eigenvalue weighted by Crippen LogP contribution is -2.30. The number of aliphatic hydroxyl groups excluding tert-OH is 1. The number of aromatic nitrogens is 3. The molecule has 0 unspecified atom stereocenters.